The zero-order valence-corrected chi connectivity index (χ0v) is 22.0. The first kappa shape index (κ1) is 28.6. The minimum Gasteiger partial charge on any atom is -0.347 e. The molecule has 1 N–H and O–H groups in total. The van der Waals surface area contributed by atoms with Gasteiger partial charge in [0.15, 0.2) is 9.84 Å². The third-order valence-corrected chi connectivity index (χ3v) is 8.56. The van der Waals surface area contributed by atoms with Gasteiger partial charge in [-0.25, -0.2) is 12.8 Å². The SMILES string of the molecule is C#CC[C@@H]1C[C@H](C(=O)N[C@@H](c2ccc(C(F)(F)F)cc2F)C2CCC2)N(C(=O)c2cccc(S(C)(=O)=O)c2)C1. The molecule has 1 aliphatic carbocycles. The lowest BCUT2D eigenvalue weighted by Crippen LogP contribution is -2.48. The number of rotatable bonds is 7. The number of carbonyl (C=O) groups excluding carboxylic acids is 2. The minimum absolute atomic E-state index is 0.0436. The maximum absolute atomic E-state index is 14.9. The van der Waals surface area contributed by atoms with Crippen molar-refractivity contribution in [3.8, 4) is 12.3 Å². The summed E-state index contributed by atoms with van der Waals surface area (Å²) >= 11 is 0. The number of nitrogens with one attached hydrogen (secondary N) is 1. The van der Waals surface area contributed by atoms with Gasteiger partial charge in [-0.15, -0.1) is 12.3 Å². The van der Waals surface area contributed by atoms with E-state index >= 15 is 0 Å². The topological polar surface area (TPSA) is 83.6 Å². The van der Waals surface area contributed by atoms with E-state index < -0.39 is 51.3 Å². The van der Waals surface area contributed by atoms with Gasteiger partial charge >= 0.3 is 6.18 Å². The Kier molecular flexibility index (Phi) is 8.07. The van der Waals surface area contributed by atoms with Crippen molar-refractivity contribution in [1.82, 2.24) is 10.2 Å². The zero-order chi connectivity index (χ0) is 28.5. The van der Waals surface area contributed by atoms with Crippen molar-refractivity contribution < 1.29 is 35.6 Å². The number of sulfone groups is 1. The first-order valence-electron chi connectivity index (χ1n) is 12.5. The molecule has 1 aliphatic heterocycles. The number of hydrogen-bond acceptors (Lipinski definition) is 4. The highest BCUT2D eigenvalue weighted by Gasteiger charge is 2.42. The standard InChI is InChI=1S/C28H28F4N2O4S/c1-3-6-17-13-24(34(16-17)27(36)19-9-5-10-21(14-19)39(2,37)38)26(35)33-25(18-7-4-8-18)22-12-11-20(15-23(22)29)28(30,31)32/h1,5,9-12,14-15,17-18,24-25H,4,6-8,13,16H2,2H3,(H,33,35)/t17-,24-,25-/m1/s1. The molecule has 2 aromatic rings. The highest BCUT2D eigenvalue weighted by atomic mass is 32.2. The summed E-state index contributed by atoms with van der Waals surface area (Å²) in [7, 11) is -3.58. The molecule has 6 nitrogen and oxygen atoms in total. The average molecular weight is 565 g/mol. The van der Waals surface area contributed by atoms with E-state index in [0.717, 1.165) is 24.8 Å². The van der Waals surface area contributed by atoms with E-state index in [1.54, 1.807) is 0 Å². The van der Waals surface area contributed by atoms with E-state index in [9.17, 15) is 35.6 Å². The zero-order valence-electron chi connectivity index (χ0n) is 21.2. The first-order valence-corrected chi connectivity index (χ1v) is 14.4. The molecule has 1 heterocycles. The highest BCUT2D eigenvalue weighted by Crippen LogP contribution is 2.40. The Labute approximate surface area is 224 Å². The van der Waals surface area contributed by atoms with Crippen LogP contribution >= 0.6 is 0 Å². The summed E-state index contributed by atoms with van der Waals surface area (Å²) in [5.41, 5.74) is -1.08. The molecule has 1 saturated heterocycles. The Balaban J connectivity index is 1.62. The number of carbonyl (C=O) groups is 2. The Morgan fingerprint density at radius 1 is 1.18 bits per heavy atom. The monoisotopic (exact) mass is 564 g/mol. The van der Waals surface area contributed by atoms with Gasteiger partial charge in [0, 0.05) is 30.3 Å². The van der Waals surface area contributed by atoms with Crippen molar-refractivity contribution >= 4 is 21.7 Å². The highest BCUT2D eigenvalue weighted by molar-refractivity contribution is 7.90. The summed E-state index contributed by atoms with van der Waals surface area (Å²) in [5, 5.41) is 2.81. The van der Waals surface area contributed by atoms with Crippen LogP contribution in [-0.4, -0.2) is 44.0 Å². The fourth-order valence-electron chi connectivity index (χ4n) is 5.16. The fourth-order valence-corrected chi connectivity index (χ4v) is 5.83. The predicted octanol–water partition coefficient (Wildman–Crippen LogP) is 4.76. The maximum Gasteiger partial charge on any atom is 0.416 e. The van der Waals surface area contributed by atoms with Gasteiger partial charge in [-0.2, -0.15) is 13.2 Å². The fraction of sp³-hybridized carbons (Fsp3) is 0.429. The molecular weight excluding hydrogens is 536 g/mol. The molecule has 0 unspecified atom stereocenters. The van der Waals surface area contributed by atoms with E-state index in [2.05, 4.69) is 11.2 Å². The molecule has 11 heteroatoms. The van der Waals surface area contributed by atoms with Gasteiger partial charge in [-0.1, -0.05) is 18.6 Å². The number of hydrogen-bond donors (Lipinski definition) is 1. The van der Waals surface area contributed by atoms with E-state index in [-0.39, 0.29) is 40.8 Å². The molecular formula is C28H28F4N2O4S. The average Bonchev–Trinajstić information content (AvgIpc) is 3.25. The van der Waals surface area contributed by atoms with Crippen molar-refractivity contribution in [2.24, 2.45) is 11.8 Å². The van der Waals surface area contributed by atoms with Crippen LogP contribution in [0.25, 0.3) is 0 Å². The smallest absolute Gasteiger partial charge is 0.347 e. The summed E-state index contributed by atoms with van der Waals surface area (Å²) < 4.78 is 78.1. The summed E-state index contributed by atoms with van der Waals surface area (Å²) in [6.45, 7) is 0.160. The van der Waals surface area contributed by atoms with E-state index in [0.29, 0.717) is 25.3 Å². The number of terminal acetylenes is 1. The van der Waals surface area contributed by atoms with E-state index in [4.69, 9.17) is 6.42 Å². The summed E-state index contributed by atoms with van der Waals surface area (Å²) in [5.74, 6) is -0.0206. The van der Waals surface area contributed by atoms with Crippen molar-refractivity contribution in [2.75, 3.05) is 12.8 Å². The molecule has 4 rings (SSSR count). The molecule has 2 amide bonds. The molecule has 0 bridgehead atoms. The number of benzene rings is 2. The lowest BCUT2D eigenvalue weighted by atomic mass is 9.76. The molecule has 2 fully saturated rings. The second-order valence-corrected chi connectivity index (χ2v) is 12.2. The van der Waals surface area contributed by atoms with Gasteiger partial charge in [-0.3, -0.25) is 9.59 Å². The second kappa shape index (κ2) is 11.0. The molecule has 0 radical (unpaired) electrons. The van der Waals surface area contributed by atoms with Crippen molar-refractivity contribution in [3.05, 3.63) is 65.0 Å². The van der Waals surface area contributed by atoms with Crippen LogP contribution in [0.5, 0.6) is 0 Å². The lowest BCUT2D eigenvalue weighted by Gasteiger charge is -2.36. The van der Waals surface area contributed by atoms with Crippen LogP contribution in [0, 0.1) is 30.0 Å². The molecule has 3 atom stereocenters. The Morgan fingerprint density at radius 3 is 2.46 bits per heavy atom. The van der Waals surface area contributed by atoms with Crippen LogP contribution in [0.15, 0.2) is 47.4 Å². The van der Waals surface area contributed by atoms with Crippen LogP contribution in [-0.2, 0) is 20.8 Å². The Morgan fingerprint density at radius 2 is 1.90 bits per heavy atom. The Hall–Kier alpha value is -3.39. The second-order valence-electron chi connectivity index (χ2n) is 10.2. The lowest BCUT2D eigenvalue weighted by molar-refractivity contribution is -0.137. The molecule has 2 aromatic carbocycles. The normalized spacial score (nSPS) is 20.7. The van der Waals surface area contributed by atoms with Crippen molar-refractivity contribution in [3.63, 3.8) is 0 Å². The molecule has 2 aliphatic rings. The molecule has 0 aromatic heterocycles. The first-order chi connectivity index (χ1) is 18.3. The quantitative estimate of drug-likeness (QED) is 0.388. The van der Waals surface area contributed by atoms with Crippen LogP contribution in [0.4, 0.5) is 17.6 Å². The van der Waals surface area contributed by atoms with Crippen LogP contribution in [0.3, 0.4) is 0 Å². The predicted molar refractivity (Wildman–Crippen MR) is 136 cm³/mol. The van der Waals surface area contributed by atoms with Crippen LogP contribution in [0.1, 0.15) is 59.6 Å². The summed E-state index contributed by atoms with van der Waals surface area (Å²) in [4.78, 5) is 28.3. The largest absolute Gasteiger partial charge is 0.416 e. The van der Waals surface area contributed by atoms with Crippen LogP contribution in [0.2, 0.25) is 0 Å². The minimum atomic E-state index is -4.71. The molecule has 0 spiro atoms. The van der Waals surface area contributed by atoms with Crippen molar-refractivity contribution in [1.29, 1.82) is 0 Å². The van der Waals surface area contributed by atoms with E-state index in [1.165, 1.54) is 29.2 Å². The molecule has 39 heavy (non-hydrogen) atoms. The number of amides is 2. The van der Waals surface area contributed by atoms with Gasteiger partial charge in [0.1, 0.15) is 11.9 Å². The number of nitrogens with zero attached hydrogens (tertiary/aromatic N) is 1. The third-order valence-electron chi connectivity index (χ3n) is 7.45. The third kappa shape index (κ3) is 6.27. The summed E-state index contributed by atoms with van der Waals surface area (Å²) in [6, 6.07) is 5.93. The van der Waals surface area contributed by atoms with Gasteiger partial charge < -0.3 is 10.2 Å². The molecule has 1 saturated carbocycles. The number of halogens is 4. The summed E-state index contributed by atoms with van der Waals surface area (Å²) in [6.07, 6.45) is 4.49. The van der Waals surface area contributed by atoms with Crippen LogP contribution < -0.4 is 5.32 Å². The molecule has 208 valence electrons. The van der Waals surface area contributed by atoms with Gasteiger partial charge in [-0.05, 0) is 61.4 Å². The van der Waals surface area contributed by atoms with Crippen molar-refractivity contribution in [2.45, 2.75) is 55.3 Å². The van der Waals surface area contributed by atoms with Gasteiger partial charge in [0.25, 0.3) is 5.91 Å². The number of likely N-dealkylation sites (tertiary alicyclic amines) is 1. The number of alkyl halides is 3. The van der Waals surface area contributed by atoms with Gasteiger partial charge in [0.2, 0.25) is 5.91 Å². The van der Waals surface area contributed by atoms with E-state index in [1.807, 2.05) is 0 Å². The Bertz CT molecular complexity index is 1410. The maximum atomic E-state index is 14.9. The van der Waals surface area contributed by atoms with Gasteiger partial charge in [0.05, 0.1) is 16.5 Å².